The van der Waals surface area contributed by atoms with Crippen molar-refractivity contribution in [3.8, 4) is 0 Å². The van der Waals surface area contributed by atoms with Gasteiger partial charge in [-0.3, -0.25) is 0 Å². The minimum absolute atomic E-state index is 0.528. The van der Waals surface area contributed by atoms with Gasteiger partial charge in [-0.25, -0.2) is 0 Å². The summed E-state index contributed by atoms with van der Waals surface area (Å²) in [6.45, 7) is 17.8. The first-order valence-corrected chi connectivity index (χ1v) is 6.67. The van der Waals surface area contributed by atoms with E-state index in [1.165, 1.54) is 6.42 Å². The van der Waals surface area contributed by atoms with Gasteiger partial charge >= 0.3 is 0 Å². The van der Waals surface area contributed by atoms with Gasteiger partial charge in [-0.1, -0.05) is 48.5 Å². The summed E-state index contributed by atoms with van der Waals surface area (Å²) in [5, 5.41) is 0. The molecule has 0 aromatic carbocycles. The predicted octanol–water partition coefficient (Wildman–Crippen LogP) is 4.35. The van der Waals surface area contributed by atoms with Gasteiger partial charge in [-0.05, 0) is 45.8 Å². The zero-order valence-corrected chi connectivity index (χ0v) is 11.4. The van der Waals surface area contributed by atoms with Crippen LogP contribution in [0.3, 0.4) is 0 Å². The zero-order chi connectivity index (χ0) is 11.4. The van der Waals surface area contributed by atoms with Crippen LogP contribution >= 0.6 is 0 Å². The summed E-state index contributed by atoms with van der Waals surface area (Å²) in [6.07, 6.45) is 1.48. The summed E-state index contributed by atoms with van der Waals surface area (Å²) in [7, 11) is 0. The van der Waals surface area contributed by atoms with E-state index in [0.29, 0.717) is 21.7 Å². The number of hydrogen-bond acceptors (Lipinski definition) is 0. The molecule has 0 aromatic heterocycles. The maximum absolute atomic E-state index is 2.59. The van der Waals surface area contributed by atoms with Crippen molar-refractivity contribution in [1.82, 2.24) is 0 Å². The van der Waals surface area contributed by atoms with Crippen LogP contribution in [0.25, 0.3) is 0 Å². The van der Waals surface area contributed by atoms with Gasteiger partial charge in [0.05, 0.1) is 0 Å². The van der Waals surface area contributed by atoms with E-state index in [2.05, 4.69) is 48.5 Å². The Labute approximate surface area is 94.8 Å². The van der Waals surface area contributed by atoms with E-state index in [9.17, 15) is 0 Å². The van der Waals surface area contributed by atoms with E-state index in [4.69, 9.17) is 0 Å². The van der Waals surface area contributed by atoms with Crippen molar-refractivity contribution in [2.24, 2.45) is 39.4 Å². The van der Waals surface area contributed by atoms with Crippen molar-refractivity contribution in [1.29, 1.82) is 0 Å². The van der Waals surface area contributed by atoms with Gasteiger partial charge < -0.3 is 0 Å². The maximum atomic E-state index is 2.59. The lowest BCUT2D eigenvalue weighted by Gasteiger charge is -2.88. The topological polar surface area (TPSA) is 0 Å². The Morgan fingerprint density at radius 2 is 1.33 bits per heavy atom. The van der Waals surface area contributed by atoms with Crippen LogP contribution in [0.4, 0.5) is 0 Å². The molecule has 0 aromatic rings. The summed E-state index contributed by atoms with van der Waals surface area (Å²) in [6, 6.07) is 0. The molecule has 0 saturated heterocycles. The molecule has 0 aliphatic heterocycles. The molecule has 3 aliphatic rings. The van der Waals surface area contributed by atoms with E-state index in [1.54, 1.807) is 0 Å². The van der Waals surface area contributed by atoms with E-state index in [0.717, 1.165) is 17.8 Å². The molecule has 3 aliphatic carbocycles. The first-order valence-electron chi connectivity index (χ1n) is 6.67. The van der Waals surface area contributed by atoms with Crippen molar-refractivity contribution in [2.45, 2.75) is 54.9 Å². The predicted molar refractivity (Wildman–Crippen MR) is 64.5 cm³/mol. The Morgan fingerprint density at radius 3 is 1.87 bits per heavy atom. The molecule has 0 nitrogen and oxygen atoms in total. The maximum Gasteiger partial charge on any atom is -0.0171 e. The molecule has 3 fully saturated rings. The van der Waals surface area contributed by atoms with Crippen LogP contribution < -0.4 is 0 Å². The minimum atomic E-state index is 0.528. The molecule has 0 N–H and O–H groups in total. The minimum Gasteiger partial charge on any atom is -0.0619 e. The third-order valence-corrected chi connectivity index (χ3v) is 8.60. The normalized spacial score (nSPS) is 69.4. The highest BCUT2D eigenvalue weighted by molar-refractivity contribution is 5.37. The quantitative estimate of drug-likeness (QED) is 0.553. The molecule has 6 unspecified atom stereocenters. The second-order valence-electron chi connectivity index (χ2n) is 7.76. The molecule has 0 heteroatoms. The molecule has 3 saturated carbocycles. The van der Waals surface area contributed by atoms with Gasteiger partial charge in [0.2, 0.25) is 0 Å². The van der Waals surface area contributed by atoms with Crippen molar-refractivity contribution in [3.63, 3.8) is 0 Å². The molecule has 15 heavy (non-hydrogen) atoms. The zero-order valence-electron chi connectivity index (χ0n) is 11.4. The van der Waals surface area contributed by atoms with Crippen LogP contribution in [0, 0.1) is 39.4 Å². The van der Waals surface area contributed by atoms with Crippen molar-refractivity contribution < 1.29 is 0 Å². The van der Waals surface area contributed by atoms with Gasteiger partial charge in [0.1, 0.15) is 0 Å². The van der Waals surface area contributed by atoms with Crippen molar-refractivity contribution in [2.75, 3.05) is 0 Å². The SMILES string of the molecule is CC1CC2C(C)C3(C)C(C)(C)C1(C)C23C. The fourth-order valence-electron chi connectivity index (χ4n) is 7.12. The van der Waals surface area contributed by atoms with E-state index >= 15 is 0 Å². The van der Waals surface area contributed by atoms with E-state index in [-0.39, 0.29) is 0 Å². The van der Waals surface area contributed by atoms with Crippen LogP contribution in [-0.2, 0) is 0 Å². The first kappa shape index (κ1) is 10.2. The van der Waals surface area contributed by atoms with Crippen LogP contribution in [-0.4, -0.2) is 0 Å². The van der Waals surface area contributed by atoms with Crippen LogP contribution in [0.5, 0.6) is 0 Å². The lowest BCUT2D eigenvalue weighted by molar-refractivity contribution is -0.408. The Hall–Kier alpha value is 0. The Morgan fingerprint density at radius 1 is 0.800 bits per heavy atom. The molecular weight excluding hydrogens is 180 g/mol. The highest BCUT2D eigenvalue weighted by Gasteiger charge is 2.90. The lowest BCUT2D eigenvalue weighted by atomic mass is 9.16. The van der Waals surface area contributed by atoms with Gasteiger partial charge in [-0.2, -0.15) is 0 Å². The second-order valence-corrected chi connectivity index (χ2v) is 7.76. The molecule has 6 atom stereocenters. The molecule has 3 rings (SSSR count). The molecule has 0 spiro atoms. The average Bonchev–Trinajstić information content (AvgIpc) is 2.34. The summed E-state index contributed by atoms with van der Waals surface area (Å²) >= 11 is 0. The standard InChI is InChI=1S/C15H26/c1-9-8-11-10(2)14(6)12(3,4)13(9,5)15(11,14)7/h9-11H,8H2,1-7H3. The average molecular weight is 206 g/mol. The van der Waals surface area contributed by atoms with Crippen LogP contribution in [0.2, 0.25) is 0 Å². The summed E-state index contributed by atoms with van der Waals surface area (Å²) < 4.78 is 0. The fraction of sp³-hybridized carbons (Fsp3) is 1.00. The lowest BCUT2D eigenvalue weighted by Crippen LogP contribution is -2.83. The van der Waals surface area contributed by atoms with Gasteiger partial charge in [0.25, 0.3) is 0 Å². The second kappa shape index (κ2) is 2.05. The molecule has 0 amide bonds. The van der Waals surface area contributed by atoms with Gasteiger partial charge in [0, 0.05) is 0 Å². The smallest absolute Gasteiger partial charge is 0.0171 e. The van der Waals surface area contributed by atoms with E-state index in [1.807, 2.05) is 0 Å². The summed E-state index contributed by atoms with van der Waals surface area (Å²) in [5.41, 5.74) is 2.36. The van der Waals surface area contributed by atoms with Crippen LogP contribution in [0.1, 0.15) is 54.9 Å². The van der Waals surface area contributed by atoms with E-state index < -0.39 is 0 Å². The highest BCUT2D eigenvalue weighted by Crippen LogP contribution is 2.95. The Balaban J connectivity index is 2.21. The van der Waals surface area contributed by atoms with Crippen molar-refractivity contribution >= 4 is 0 Å². The molecular formula is C15H26. The van der Waals surface area contributed by atoms with Gasteiger partial charge in [-0.15, -0.1) is 0 Å². The third kappa shape index (κ3) is 0.524. The summed E-state index contributed by atoms with van der Waals surface area (Å²) in [4.78, 5) is 0. The largest absolute Gasteiger partial charge is 0.0619 e. The molecule has 86 valence electrons. The molecule has 0 heterocycles. The number of hydrogen-bond donors (Lipinski definition) is 0. The summed E-state index contributed by atoms with van der Waals surface area (Å²) in [5.74, 6) is 2.87. The Kier molecular flexibility index (Phi) is 1.39. The first-order chi connectivity index (χ1) is 6.67. The third-order valence-electron chi connectivity index (χ3n) is 8.60. The number of rotatable bonds is 0. The monoisotopic (exact) mass is 206 g/mol. The molecule has 0 bridgehead atoms. The fourth-order valence-corrected chi connectivity index (χ4v) is 7.12. The van der Waals surface area contributed by atoms with Crippen LogP contribution in [0.15, 0.2) is 0 Å². The van der Waals surface area contributed by atoms with Crippen molar-refractivity contribution in [3.05, 3.63) is 0 Å². The highest BCUT2D eigenvalue weighted by atomic mass is 14.9. The van der Waals surface area contributed by atoms with Gasteiger partial charge in [0.15, 0.2) is 0 Å². The Bertz CT molecular complexity index is 342. The molecule has 0 radical (unpaired) electrons.